The third kappa shape index (κ3) is 3.94. The lowest BCUT2D eigenvalue weighted by Gasteiger charge is -2.27. The number of carbonyl (C=O) groups excluding carboxylic acids is 1. The zero-order chi connectivity index (χ0) is 26.3. The molecule has 1 amide bonds. The van der Waals surface area contributed by atoms with E-state index in [1.165, 1.54) is 12.8 Å². The SMILES string of the molecule is [B]C([B])([B])Oc1ccc2cc(-c3nc4cc(C(=O)N5C[C@H]6CC[C@@H]5[C@@H]6N)ccc4n3C)n(CC3CC3)c2n1. The summed E-state index contributed by atoms with van der Waals surface area (Å²) >= 11 is 0. The summed E-state index contributed by atoms with van der Waals surface area (Å²) < 4.78 is 9.67. The highest BCUT2D eigenvalue weighted by Gasteiger charge is 2.46. The zero-order valence-corrected chi connectivity index (χ0v) is 21.4. The number of benzene rings is 1. The number of hydrogen-bond acceptors (Lipinski definition) is 5. The second kappa shape index (κ2) is 8.40. The number of rotatable bonds is 6. The molecule has 11 heteroatoms. The van der Waals surface area contributed by atoms with Gasteiger partial charge in [-0.15, -0.1) is 0 Å². The van der Waals surface area contributed by atoms with Crippen LogP contribution in [0.1, 0.15) is 36.0 Å². The summed E-state index contributed by atoms with van der Waals surface area (Å²) in [6, 6.07) is 11.7. The molecule has 186 valence electrons. The van der Waals surface area contributed by atoms with E-state index in [0.29, 0.717) is 17.4 Å². The molecule has 8 nitrogen and oxygen atoms in total. The lowest BCUT2D eigenvalue weighted by Crippen LogP contribution is -2.41. The van der Waals surface area contributed by atoms with Crippen molar-refractivity contribution in [2.24, 2.45) is 24.6 Å². The van der Waals surface area contributed by atoms with Gasteiger partial charge in [0, 0.05) is 49.2 Å². The first-order valence-corrected chi connectivity index (χ1v) is 13.3. The van der Waals surface area contributed by atoms with Crippen LogP contribution in [0.25, 0.3) is 33.6 Å². The van der Waals surface area contributed by atoms with Crippen molar-refractivity contribution in [2.45, 2.75) is 49.6 Å². The summed E-state index contributed by atoms with van der Waals surface area (Å²) in [5.74, 6) is 2.11. The molecular weight excluding hydrogens is 473 g/mol. The molecule has 1 saturated heterocycles. The molecule has 2 bridgehead atoms. The molecule has 1 aliphatic heterocycles. The van der Waals surface area contributed by atoms with E-state index in [0.717, 1.165) is 59.5 Å². The first-order chi connectivity index (χ1) is 18.2. The van der Waals surface area contributed by atoms with Crippen LogP contribution in [-0.2, 0) is 13.6 Å². The number of nitrogens with two attached hydrogens (primary N) is 1. The number of fused-ring (bicyclic) bond motifs is 4. The van der Waals surface area contributed by atoms with E-state index in [4.69, 9.17) is 39.0 Å². The Hall–Kier alpha value is -3.20. The monoisotopic (exact) mass is 500 g/mol. The van der Waals surface area contributed by atoms with Crippen LogP contribution in [0.5, 0.6) is 5.88 Å². The molecule has 1 aromatic carbocycles. The molecule has 7 rings (SSSR count). The quantitative estimate of drug-likeness (QED) is 0.410. The molecule has 3 atom stereocenters. The average molecular weight is 500 g/mol. The number of carbonyl (C=O) groups is 1. The van der Waals surface area contributed by atoms with Crippen LogP contribution in [0, 0.1) is 11.8 Å². The maximum absolute atomic E-state index is 13.4. The number of ether oxygens (including phenoxy) is 1. The van der Waals surface area contributed by atoms with Gasteiger partial charge in [0.2, 0.25) is 5.88 Å². The Morgan fingerprint density at radius 3 is 2.61 bits per heavy atom. The van der Waals surface area contributed by atoms with Crippen LogP contribution in [0.15, 0.2) is 36.4 Å². The topological polar surface area (TPSA) is 91.2 Å². The number of aromatic nitrogens is 4. The number of imidazole rings is 1. The molecule has 3 aromatic heterocycles. The molecule has 4 heterocycles. The van der Waals surface area contributed by atoms with Gasteiger partial charge in [-0.25, -0.2) is 4.98 Å². The van der Waals surface area contributed by atoms with Crippen molar-refractivity contribution in [3.8, 4) is 17.4 Å². The zero-order valence-electron chi connectivity index (χ0n) is 21.4. The fourth-order valence-corrected chi connectivity index (χ4v) is 6.29. The molecule has 3 fully saturated rings. The standard InChI is InChI=1S/C27H27B3N6O2/c1-34-19-7-4-16(26(37)36-13-17-5-8-20(36)23(17)31)10-18(19)32-25(34)21-11-15-6-9-22(38-27(28,29)30)33-24(15)35(21)12-14-2-3-14/h4,6-7,9-11,14,17,20,23H,2-3,5,8,12-13,31H2,1H3/t17-,20-,23-/m1/s1. The maximum atomic E-state index is 13.4. The fraction of sp³-hybridized carbons (Fsp3) is 0.444. The van der Waals surface area contributed by atoms with Gasteiger partial charge in [0.1, 0.15) is 29.2 Å². The lowest BCUT2D eigenvalue weighted by molar-refractivity contribution is 0.0701. The molecule has 4 aromatic rings. The number of aryl methyl sites for hydroxylation is 1. The number of amides is 1. The summed E-state index contributed by atoms with van der Waals surface area (Å²) in [5, 5.41) is -0.864. The Labute approximate surface area is 225 Å². The first-order valence-electron chi connectivity index (χ1n) is 13.3. The normalized spacial score (nSPS) is 23.1. The molecule has 2 aliphatic carbocycles. The van der Waals surface area contributed by atoms with Crippen molar-refractivity contribution in [3.05, 3.63) is 42.0 Å². The Morgan fingerprint density at radius 1 is 1.11 bits per heavy atom. The molecule has 6 radical (unpaired) electrons. The van der Waals surface area contributed by atoms with E-state index in [1.54, 1.807) is 6.07 Å². The number of likely N-dealkylation sites (tertiary alicyclic amines) is 1. The summed E-state index contributed by atoms with van der Waals surface area (Å²) in [6.45, 7) is 1.56. The summed E-state index contributed by atoms with van der Waals surface area (Å²) in [6.07, 6.45) is 4.47. The summed E-state index contributed by atoms with van der Waals surface area (Å²) in [7, 11) is 18.9. The van der Waals surface area contributed by atoms with Gasteiger partial charge in [-0.05, 0) is 73.2 Å². The molecule has 2 saturated carbocycles. The minimum Gasteiger partial charge on any atom is -0.501 e. The highest BCUT2D eigenvalue weighted by molar-refractivity contribution is 6.58. The van der Waals surface area contributed by atoms with Crippen molar-refractivity contribution in [1.29, 1.82) is 0 Å². The van der Waals surface area contributed by atoms with Gasteiger partial charge in [-0.1, -0.05) is 0 Å². The van der Waals surface area contributed by atoms with Gasteiger partial charge in [0.25, 0.3) is 5.91 Å². The molecule has 2 N–H and O–H groups in total. The molecule has 0 spiro atoms. The van der Waals surface area contributed by atoms with Crippen LogP contribution in [0.2, 0.25) is 0 Å². The Morgan fingerprint density at radius 2 is 1.92 bits per heavy atom. The Bertz CT molecular complexity index is 1590. The van der Waals surface area contributed by atoms with Crippen LogP contribution < -0.4 is 10.5 Å². The molecule has 3 aliphatic rings. The molecular formula is C27H27B3N6O2. The predicted octanol–water partition coefficient (Wildman–Crippen LogP) is 2.06. The average Bonchev–Trinajstić information content (AvgIpc) is 3.29. The highest BCUT2D eigenvalue weighted by Crippen LogP contribution is 2.39. The van der Waals surface area contributed by atoms with E-state index in [1.807, 2.05) is 36.2 Å². The lowest BCUT2D eigenvalue weighted by atomic mass is 9.52. The Balaban J connectivity index is 1.28. The summed E-state index contributed by atoms with van der Waals surface area (Å²) in [4.78, 5) is 25.1. The number of nitrogens with zero attached hydrogens (tertiary/aromatic N) is 5. The van der Waals surface area contributed by atoms with Gasteiger partial charge < -0.3 is 24.5 Å². The van der Waals surface area contributed by atoms with Crippen molar-refractivity contribution in [3.63, 3.8) is 0 Å². The third-order valence-corrected chi connectivity index (χ3v) is 8.41. The summed E-state index contributed by atoms with van der Waals surface area (Å²) in [5.41, 5.74) is 10.4. The van der Waals surface area contributed by atoms with Gasteiger partial charge in [-0.3, -0.25) is 4.79 Å². The number of pyridine rings is 1. The van der Waals surface area contributed by atoms with Crippen LogP contribution in [0.4, 0.5) is 0 Å². The van der Waals surface area contributed by atoms with Gasteiger partial charge in [-0.2, -0.15) is 4.98 Å². The van der Waals surface area contributed by atoms with Crippen molar-refractivity contribution in [1.82, 2.24) is 24.0 Å². The van der Waals surface area contributed by atoms with Crippen molar-refractivity contribution < 1.29 is 9.53 Å². The maximum Gasteiger partial charge on any atom is 0.254 e. The van der Waals surface area contributed by atoms with E-state index in [2.05, 4.69) is 20.2 Å². The van der Waals surface area contributed by atoms with Gasteiger partial charge >= 0.3 is 0 Å². The van der Waals surface area contributed by atoms with E-state index in [-0.39, 0.29) is 23.9 Å². The number of hydrogen-bond donors (Lipinski definition) is 1. The van der Waals surface area contributed by atoms with Gasteiger partial charge in [0.15, 0.2) is 5.82 Å². The largest absolute Gasteiger partial charge is 0.501 e. The minimum atomic E-state index is -1.82. The highest BCUT2D eigenvalue weighted by atomic mass is 16.5. The Kier molecular flexibility index (Phi) is 5.28. The van der Waals surface area contributed by atoms with Crippen molar-refractivity contribution >= 4 is 51.5 Å². The second-order valence-corrected chi connectivity index (χ2v) is 11.2. The van der Waals surface area contributed by atoms with Crippen molar-refractivity contribution in [2.75, 3.05) is 6.54 Å². The van der Waals surface area contributed by atoms with Crippen LogP contribution >= 0.6 is 0 Å². The van der Waals surface area contributed by atoms with Crippen LogP contribution in [-0.4, -0.2) is 77.4 Å². The third-order valence-electron chi connectivity index (χ3n) is 8.41. The minimum absolute atomic E-state index is 0.0390. The smallest absolute Gasteiger partial charge is 0.254 e. The van der Waals surface area contributed by atoms with E-state index >= 15 is 0 Å². The van der Waals surface area contributed by atoms with E-state index < -0.39 is 5.30 Å². The first kappa shape index (κ1) is 23.9. The molecule has 0 unspecified atom stereocenters. The fourth-order valence-electron chi connectivity index (χ4n) is 6.29. The van der Waals surface area contributed by atoms with E-state index in [9.17, 15) is 4.79 Å². The number of piperidine rings is 1. The molecule has 38 heavy (non-hydrogen) atoms. The second-order valence-electron chi connectivity index (χ2n) is 11.2. The predicted molar refractivity (Wildman–Crippen MR) is 148 cm³/mol. The van der Waals surface area contributed by atoms with Crippen LogP contribution in [0.3, 0.4) is 0 Å². The van der Waals surface area contributed by atoms with Gasteiger partial charge in [0.05, 0.1) is 16.7 Å².